The molecule has 0 aliphatic heterocycles. The van der Waals surface area contributed by atoms with Gasteiger partial charge < -0.3 is 16.4 Å². The number of nitrogens with two attached hydrogens (primary N) is 1. The van der Waals surface area contributed by atoms with Gasteiger partial charge in [-0.1, -0.05) is 0 Å². The van der Waals surface area contributed by atoms with Crippen LogP contribution in [0.25, 0.3) is 0 Å². The Kier molecular flexibility index (Phi) is 5.42. The van der Waals surface area contributed by atoms with Crippen LogP contribution in [0.1, 0.15) is 26.7 Å². The third-order valence-electron chi connectivity index (χ3n) is 2.09. The van der Waals surface area contributed by atoms with E-state index in [1.54, 1.807) is 6.20 Å². The van der Waals surface area contributed by atoms with E-state index in [1.165, 1.54) is 0 Å². The van der Waals surface area contributed by atoms with E-state index in [1.807, 2.05) is 26.0 Å². The van der Waals surface area contributed by atoms with Crippen molar-refractivity contribution in [3.05, 3.63) is 18.3 Å². The zero-order valence-electron chi connectivity index (χ0n) is 10.4. The molecule has 1 aromatic rings. The quantitative estimate of drug-likeness (QED) is 0.700. The number of nitrogens with one attached hydrogen (secondary N) is 2. The normalized spacial score (nSPS) is 10.4. The third kappa shape index (κ3) is 5.31. The molecule has 0 bridgehead atoms. The van der Waals surface area contributed by atoms with Gasteiger partial charge in [-0.15, -0.1) is 0 Å². The average molecular weight is 236 g/mol. The fourth-order valence-electron chi connectivity index (χ4n) is 1.34. The van der Waals surface area contributed by atoms with E-state index in [0.29, 0.717) is 31.1 Å². The van der Waals surface area contributed by atoms with Crippen LogP contribution in [0.2, 0.25) is 0 Å². The van der Waals surface area contributed by atoms with E-state index in [0.717, 1.165) is 5.82 Å². The van der Waals surface area contributed by atoms with Gasteiger partial charge in [0, 0.05) is 12.5 Å². The van der Waals surface area contributed by atoms with Gasteiger partial charge in [-0.3, -0.25) is 4.79 Å². The van der Waals surface area contributed by atoms with Crippen LogP contribution in [0.4, 0.5) is 11.5 Å². The van der Waals surface area contributed by atoms with E-state index in [2.05, 4.69) is 15.6 Å². The van der Waals surface area contributed by atoms with Crippen LogP contribution in [0.15, 0.2) is 18.3 Å². The molecule has 1 heterocycles. The minimum absolute atomic E-state index is 0.0261. The zero-order valence-corrected chi connectivity index (χ0v) is 10.4. The van der Waals surface area contributed by atoms with Crippen LogP contribution in [0, 0.1) is 0 Å². The molecule has 0 unspecified atom stereocenters. The molecule has 1 aromatic heterocycles. The Labute approximate surface area is 102 Å². The molecule has 0 atom stereocenters. The van der Waals surface area contributed by atoms with Crippen LogP contribution in [0.5, 0.6) is 0 Å². The van der Waals surface area contributed by atoms with Crippen LogP contribution >= 0.6 is 0 Å². The molecule has 0 aromatic carbocycles. The van der Waals surface area contributed by atoms with Crippen molar-refractivity contribution in [3.8, 4) is 0 Å². The number of hydrogen-bond donors (Lipinski definition) is 3. The topological polar surface area (TPSA) is 80.0 Å². The van der Waals surface area contributed by atoms with Crippen molar-refractivity contribution in [3.63, 3.8) is 0 Å². The minimum Gasteiger partial charge on any atom is -0.368 e. The Bertz CT molecular complexity index is 348. The number of hydrogen-bond acceptors (Lipinski definition) is 4. The highest BCUT2D eigenvalue weighted by Crippen LogP contribution is 2.10. The largest absolute Gasteiger partial charge is 0.368 e. The first-order valence-electron chi connectivity index (χ1n) is 5.84. The van der Waals surface area contributed by atoms with Crippen LogP contribution in [-0.4, -0.2) is 23.5 Å². The molecule has 0 radical (unpaired) electrons. The van der Waals surface area contributed by atoms with Crippen molar-refractivity contribution in [1.29, 1.82) is 0 Å². The highest BCUT2D eigenvalue weighted by molar-refractivity contribution is 5.90. The van der Waals surface area contributed by atoms with Crippen molar-refractivity contribution in [2.45, 2.75) is 32.7 Å². The zero-order chi connectivity index (χ0) is 12.7. The molecule has 0 saturated heterocycles. The molecule has 0 aliphatic rings. The number of aromatic nitrogens is 1. The maximum atomic E-state index is 11.4. The summed E-state index contributed by atoms with van der Waals surface area (Å²) in [6.45, 7) is 4.62. The molecule has 4 N–H and O–H groups in total. The summed E-state index contributed by atoms with van der Waals surface area (Å²) < 4.78 is 0. The van der Waals surface area contributed by atoms with Gasteiger partial charge in [-0.25, -0.2) is 4.98 Å². The van der Waals surface area contributed by atoms with Gasteiger partial charge in [0.25, 0.3) is 0 Å². The monoisotopic (exact) mass is 236 g/mol. The molecular weight excluding hydrogens is 216 g/mol. The van der Waals surface area contributed by atoms with Gasteiger partial charge in [-0.05, 0) is 38.9 Å². The number of rotatable bonds is 6. The van der Waals surface area contributed by atoms with Crippen molar-refractivity contribution >= 4 is 17.4 Å². The fraction of sp³-hybridized carbons (Fsp3) is 0.500. The van der Waals surface area contributed by atoms with Gasteiger partial charge in [0.1, 0.15) is 5.82 Å². The summed E-state index contributed by atoms with van der Waals surface area (Å²) in [7, 11) is 0. The molecule has 94 valence electrons. The molecular formula is C12H20N4O. The van der Waals surface area contributed by atoms with E-state index >= 15 is 0 Å². The van der Waals surface area contributed by atoms with Gasteiger partial charge in [0.05, 0.1) is 11.9 Å². The summed E-state index contributed by atoms with van der Waals surface area (Å²) in [6.07, 6.45) is 2.79. The van der Waals surface area contributed by atoms with E-state index in [-0.39, 0.29) is 5.91 Å². The SMILES string of the molecule is CC(C)Nc1ccc(NC(=O)CCCN)cn1. The first-order valence-corrected chi connectivity index (χ1v) is 5.84. The number of anilines is 2. The predicted octanol–water partition coefficient (Wildman–Crippen LogP) is 1.58. The van der Waals surface area contributed by atoms with Crippen LogP contribution in [0.3, 0.4) is 0 Å². The lowest BCUT2D eigenvalue weighted by Crippen LogP contribution is -2.14. The van der Waals surface area contributed by atoms with Crippen LogP contribution < -0.4 is 16.4 Å². The Balaban J connectivity index is 2.47. The molecule has 0 spiro atoms. The first kappa shape index (κ1) is 13.4. The van der Waals surface area contributed by atoms with Crippen molar-refractivity contribution in [2.24, 2.45) is 5.73 Å². The summed E-state index contributed by atoms with van der Waals surface area (Å²) in [5, 5.41) is 5.95. The highest BCUT2D eigenvalue weighted by Gasteiger charge is 2.02. The van der Waals surface area contributed by atoms with Crippen molar-refractivity contribution in [1.82, 2.24) is 4.98 Å². The maximum Gasteiger partial charge on any atom is 0.224 e. The minimum atomic E-state index is -0.0261. The van der Waals surface area contributed by atoms with Crippen LogP contribution in [-0.2, 0) is 4.79 Å². The second-order valence-corrected chi connectivity index (χ2v) is 4.17. The summed E-state index contributed by atoms with van der Waals surface area (Å²) in [5.74, 6) is 0.779. The second kappa shape index (κ2) is 6.85. The molecule has 1 amide bonds. The smallest absolute Gasteiger partial charge is 0.224 e. The van der Waals surface area contributed by atoms with E-state index in [4.69, 9.17) is 5.73 Å². The lowest BCUT2D eigenvalue weighted by molar-refractivity contribution is -0.116. The first-order chi connectivity index (χ1) is 8.11. The number of carbonyl (C=O) groups is 1. The van der Waals surface area contributed by atoms with Gasteiger partial charge in [0.15, 0.2) is 0 Å². The third-order valence-corrected chi connectivity index (χ3v) is 2.09. The van der Waals surface area contributed by atoms with Gasteiger partial charge >= 0.3 is 0 Å². The molecule has 0 saturated carbocycles. The molecule has 5 heteroatoms. The summed E-state index contributed by atoms with van der Waals surface area (Å²) >= 11 is 0. The Morgan fingerprint density at radius 1 is 1.47 bits per heavy atom. The molecule has 0 fully saturated rings. The van der Waals surface area contributed by atoms with E-state index < -0.39 is 0 Å². The predicted molar refractivity (Wildman–Crippen MR) is 69.9 cm³/mol. The van der Waals surface area contributed by atoms with Crippen molar-refractivity contribution < 1.29 is 4.79 Å². The average Bonchev–Trinajstić information content (AvgIpc) is 2.28. The van der Waals surface area contributed by atoms with Crippen molar-refractivity contribution in [2.75, 3.05) is 17.2 Å². The standard InChI is InChI=1S/C12H20N4O/c1-9(2)15-11-6-5-10(8-14-11)16-12(17)4-3-7-13/h5-6,8-9H,3-4,7,13H2,1-2H3,(H,14,15)(H,16,17). The maximum absolute atomic E-state index is 11.4. The lowest BCUT2D eigenvalue weighted by atomic mass is 10.3. The fourth-order valence-corrected chi connectivity index (χ4v) is 1.34. The Hall–Kier alpha value is -1.62. The summed E-state index contributed by atoms with van der Waals surface area (Å²) in [6, 6.07) is 4.02. The summed E-state index contributed by atoms with van der Waals surface area (Å²) in [4.78, 5) is 15.6. The molecule has 17 heavy (non-hydrogen) atoms. The molecule has 0 aliphatic carbocycles. The van der Waals surface area contributed by atoms with Gasteiger partial charge in [0.2, 0.25) is 5.91 Å². The number of amides is 1. The van der Waals surface area contributed by atoms with E-state index in [9.17, 15) is 4.79 Å². The highest BCUT2D eigenvalue weighted by atomic mass is 16.1. The Morgan fingerprint density at radius 3 is 2.76 bits per heavy atom. The second-order valence-electron chi connectivity index (χ2n) is 4.17. The van der Waals surface area contributed by atoms with Gasteiger partial charge in [-0.2, -0.15) is 0 Å². The molecule has 5 nitrogen and oxygen atoms in total. The number of pyridine rings is 1. The summed E-state index contributed by atoms with van der Waals surface area (Å²) in [5.41, 5.74) is 6.05. The lowest BCUT2D eigenvalue weighted by Gasteiger charge is -2.09. The Morgan fingerprint density at radius 2 is 2.24 bits per heavy atom. The molecule has 1 rings (SSSR count). The number of carbonyl (C=O) groups excluding carboxylic acids is 1. The number of nitrogens with zero attached hydrogens (tertiary/aromatic N) is 1.